The summed E-state index contributed by atoms with van der Waals surface area (Å²) in [6.07, 6.45) is 1.62. The van der Waals surface area contributed by atoms with Crippen LogP contribution in [-0.4, -0.2) is 80.4 Å². The van der Waals surface area contributed by atoms with Gasteiger partial charge in [-0.3, -0.25) is 9.69 Å². The fourth-order valence-electron chi connectivity index (χ4n) is 3.40. The number of carbonyl (C=O) groups excluding carboxylic acids is 2. The van der Waals surface area contributed by atoms with Gasteiger partial charge >= 0.3 is 6.09 Å². The number of methoxy groups -OCH3 is 1. The zero-order valence-electron chi connectivity index (χ0n) is 14.4. The third kappa shape index (κ3) is 4.35. The molecule has 0 spiro atoms. The number of amides is 2. The Balaban J connectivity index is 1.93. The van der Waals surface area contributed by atoms with Crippen LogP contribution in [0.25, 0.3) is 0 Å². The van der Waals surface area contributed by atoms with Crippen molar-refractivity contribution in [3.63, 3.8) is 0 Å². The number of hydrogen-bond acceptors (Lipinski definition) is 5. The first-order valence-corrected chi connectivity index (χ1v) is 8.55. The van der Waals surface area contributed by atoms with Crippen molar-refractivity contribution in [2.75, 3.05) is 46.5 Å². The average molecular weight is 327 g/mol. The van der Waals surface area contributed by atoms with Crippen molar-refractivity contribution in [2.24, 2.45) is 5.92 Å². The van der Waals surface area contributed by atoms with Crippen molar-refractivity contribution < 1.29 is 19.1 Å². The number of nitrogens with zero attached hydrogens (tertiary/aromatic N) is 2. The van der Waals surface area contributed by atoms with Gasteiger partial charge in [0.1, 0.15) is 0 Å². The molecule has 1 N–H and O–H groups in total. The fraction of sp³-hybridized carbons (Fsp3) is 0.875. The lowest BCUT2D eigenvalue weighted by Crippen LogP contribution is -2.64. The summed E-state index contributed by atoms with van der Waals surface area (Å²) >= 11 is 0. The van der Waals surface area contributed by atoms with Gasteiger partial charge in [-0.25, -0.2) is 4.79 Å². The molecule has 0 aromatic heterocycles. The van der Waals surface area contributed by atoms with Crippen molar-refractivity contribution >= 4 is 12.0 Å². The Morgan fingerprint density at radius 2 is 1.83 bits per heavy atom. The van der Waals surface area contributed by atoms with Gasteiger partial charge < -0.3 is 19.7 Å². The highest BCUT2D eigenvalue weighted by atomic mass is 16.5. The highest BCUT2D eigenvalue weighted by molar-refractivity contribution is 5.83. The van der Waals surface area contributed by atoms with E-state index >= 15 is 0 Å². The molecule has 2 heterocycles. The Labute approximate surface area is 138 Å². The topological polar surface area (TPSA) is 71.1 Å². The van der Waals surface area contributed by atoms with Crippen molar-refractivity contribution in [3.05, 3.63) is 0 Å². The molecule has 2 rings (SSSR count). The van der Waals surface area contributed by atoms with Crippen LogP contribution in [0.2, 0.25) is 0 Å². The predicted octanol–water partition coefficient (Wildman–Crippen LogP) is 0.690. The molecule has 2 fully saturated rings. The van der Waals surface area contributed by atoms with Crippen molar-refractivity contribution in [1.29, 1.82) is 0 Å². The molecule has 1 atom stereocenters. The Kier molecular flexibility index (Phi) is 6.65. The second kappa shape index (κ2) is 8.49. The molecule has 0 aromatic carbocycles. The van der Waals surface area contributed by atoms with Crippen LogP contribution >= 0.6 is 0 Å². The van der Waals surface area contributed by atoms with Crippen molar-refractivity contribution in [2.45, 2.75) is 38.8 Å². The summed E-state index contributed by atoms with van der Waals surface area (Å²) in [7, 11) is 1.37. The number of carbonyl (C=O) groups is 2. The lowest BCUT2D eigenvalue weighted by atomic mass is 9.91. The standard InChI is InChI=1S/C16H29N3O4/c1-4-12(5-2)14(18-6-8-23-9-7-18)15(20)17-13-10-19(11-13)16(21)22-3/h12-14H,4-11H2,1-3H3,(H,17,20)/t14-/m0/s1. The highest BCUT2D eigenvalue weighted by Crippen LogP contribution is 2.21. The average Bonchev–Trinajstić information content (AvgIpc) is 2.55. The zero-order valence-corrected chi connectivity index (χ0v) is 14.4. The largest absolute Gasteiger partial charge is 0.453 e. The van der Waals surface area contributed by atoms with Gasteiger partial charge in [0.25, 0.3) is 0 Å². The van der Waals surface area contributed by atoms with E-state index in [0.717, 1.165) is 25.9 Å². The second-order valence-electron chi connectivity index (χ2n) is 6.25. The Morgan fingerprint density at radius 3 is 2.35 bits per heavy atom. The van der Waals surface area contributed by atoms with Crippen LogP contribution in [0.1, 0.15) is 26.7 Å². The van der Waals surface area contributed by atoms with E-state index in [1.807, 2.05) is 0 Å². The van der Waals surface area contributed by atoms with E-state index in [2.05, 4.69) is 28.8 Å². The summed E-state index contributed by atoms with van der Waals surface area (Å²) in [6.45, 7) is 8.29. The molecule has 0 radical (unpaired) electrons. The quantitative estimate of drug-likeness (QED) is 0.777. The van der Waals surface area contributed by atoms with E-state index < -0.39 is 0 Å². The van der Waals surface area contributed by atoms with E-state index in [9.17, 15) is 9.59 Å². The Bertz CT molecular complexity index is 402. The van der Waals surface area contributed by atoms with Crippen LogP contribution in [0.4, 0.5) is 4.79 Å². The maximum atomic E-state index is 12.8. The monoisotopic (exact) mass is 327 g/mol. The van der Waals surface area contributed by atoms with Gasteiger partial charge in [0.15, 0.2) is 0 Å². The fourth-order valence-corrected chi connectivity index (χ4v) is 3.40. The predicted molar refractivity (Wildman–Crippen MR) is 86.2 cm³/mol. The Hall–Kier alpha value is -1.34. The highest BCUT2D eigenvalue weighted by Gasteiger charge is 2.37. The summed E-state index contributed by atoms with van der Waals surface area (Å²) in [5.74, 6) is 0.417. The SMILES string of the molecule is CCC(CC)[C@@H](C(=O)NC1CN(C(=O)OC)C1)N1CCOCC1. The molecular formula is C16H29N3O4. The summed E-state index contributed by atoms with van der Waals surface area (Å²) in [6, 6.07) is -0.0828. The first-order chi connectivity index (χ1) is 11.1. The molecule has 2 aliphatic rings. The molecular weight excluding hydrogens is 298 g/mol. The van der Waals surface area contributed by atoms with Crippen LogP contribution in [0.5, 0.6) is 0 Å². The number of likely N-dealkylation sites (tertiary alicyclic amines) is 1. The maximum Gasteiger partial charge on any atom is 0.409 e. The summed E-state index contributed by atoms with van der Waals surface area (Å²) in [5, 5.41) is 3.10. The van der Waals surface area contributed by atoms with Crippen LogP contribution in [-0.2, 0) is 14.3 Å². The smallest absolute Gasteiger partial charge is 0.409 e. The van der Waals surface area contributed by atoms with Crippen molar-refractivity contribution in [3.8, 4) is 0 Å². The van der Waals surface area contributed by atoms with Crippen LogP contribution < -0.4 is 5.32 Å². The van der Waals surface area contributed by atoms with Crippen LogP contribution in [0, 0.1) is 5.92 Å². The van der Waals surface area contributed by atoms with Gasteiger partial charge in [-0.2, -0.15) is 0 Å². The maximum absolute atomic E-state index is 12.8. The van der Waals surface area contributed by atoms with E-state index in [1.54, 1.807) is 4.90 Å². The number of morpholine rings is 1. The minimum Gasteiger partial charge on any atom is -0.453 e. The molecule has 7 heteroatoms. The van der Waals surface area contributed by atoms with Crippen LogP contribution in [0.3, 0.4) is 0 Å². The summed E-state index contributed by atoms with van der Waals surface area (Å²) in [5.41, 5.74) is 0. The normalized spacial score (nSPS) is 21.0. The molecule has 0 saturated carbocycles. The summed E-state index contributed by atoms with van der Waals surface area (Å²) in [4.78, 5) is 28.0. The zero-order chi connectivity index (χ0) is 16.8. The van der Waals surface area contributed by atoms with Crippen LogP contribution in [0.15, 0.2) is 0 Å². The second-order valence-corrected chi connectivity index (χ2v) is 6.25. The molecule has 0 unspecified atom stereocenters. The van der Waals surface area contributed by atoms with E-state index in [1.165, 1.54) is 7.11 Å². The first kappa shape index (κ1) is 18.0. The third-order valence-electron chi connectivity index (χ3n) is 4.86. The van der Waals surface area contributed by atoms with Gasteiger partial charge in [0.05, 0.1) is 32.4 Å². The number of rotatable bonds is 6. The minimum atomic E-state index is -0.333. The van der Waals surface area contributed by atoms with Crippen molar-refractivity contribution in [1.82, 2.24) is 15.1 Å². The molecule has 0 aliphatic carbocycles. The third-order valence-corrected chi connectivity index (χ3v) is 4.86. The first-order valence-electron chi connectivity index (χ1n) is 8.55. The van der Waals surface area contributed by atoms with Gasteiger partial charge in [0, 0.05) is 26.2 Å². The molecule has 0 bridgehead atoms. The Morgan fingerprint density at radius 1 is 1.22 bits per heavy atom. The number of nitrogens with one attached hydrogen (secondary N) is 1. The molecule has 23 heavy (non-hydrogen) atoms. The molecule has 2 amide bonds. The number of hydrogen-bond donors (Lipinski definition) is 1. The molecule has 7 nitrogen and oxygen atoms in total. The van der Waals surface area contributed by atoms with E-state index in [-0.39, 0.29) is 24.1 Å². The number of ether oxygens (including phenoxy) is 2. The molecule has 2 aliphatic heterocycles. The molecule has 0 aromatic rings. The summed E-state index contributed by atoms with van der Waals surface area (Å²) < 4.78 is 10.1. The van der Waals surface area contributed by atoms with E-state index in [0.29, 0.717) is 32.2 Å². The lowest BCUT2D eigenvalue weighted by molar-refractivity contribution is -0.132. The molecule has 2 saturated heterocycles. The van der Waals surface area contributed by atoms with Gasteiger partial charge in [-0.1, -0.05) is 26.7 Å². The van der Waals surface area contributed by atoms with Gasteiger partial charge in [-0.05, 0) is 5.92 Å². The van der Waals surface area contributed by atoms with E-state index in [4.69, 9.17) is 4.74 Å². The minimum absolute atomic E-state index is 0.0273. The van der Waals surface area contributed by atoms with Gasteiger partial charge in [-0.15, -0.1) is 0 Å². The lowest BCUT2D eigenvalue weighted by Gasteiger charge is -2.42. The molecule has 132 valence electrons. The van der Waals surface area contributed by atoms with Gasteiger partial charge in [0.2, 0.25) is 5.91 Å².